The molecular weight excluding hydrogens is 332 g/mol. The molecule has 1 heterocycles. The first-order valence-corrected chi connectivity index (χ1v) is 9.13. The molecule has 0 aromatic heterocycles. The number of carbonyl (C=O) groups excluding carboxylic acids is 1. The van der Waals surface area contributed by atoms with E-state index in [-0.39, 0.29) is 17.1 Å². The standard InChI is InChI=1S/C16H20N2O5S/c1-13-4-5-14(24(20,21)18-7-10-22-11-8-18)12-15(13)16(19)23-9-3-2-6-17/h4-5,12H,2-3,7-11H2,1H3. The second kappa shape index (κ2) is 8.24. The lowest BCUT2D eigenvalue weighted by molar-refractivity contribution is 0.0500. The maximum Gasteiger partial charge on any atom is 0.338 e. The van der Waals surface area contributed by atoms with Gasteiger partial charge >= 0.3 is 5.97 Å². The normalized spacial score (nSPS) is 15.7. The molecule has 24 heavy (non-hydrogen) atoms. The molecule has 1 saturated heterocycles. The lowest BCUT2D eigenvalue weighted by Crippen LogP contribution is -2.40. The van der Waals surface area contributed by atoms with Crippen molar-refractivity contribution in [1.29, 1.82) is 5.26 Å². The van der Waals surface area contributed by atoms with E-state index >= 15 is 0 Å². The largest absolute Gasteiger partial charge is 0.462 e. The predicted molar refractivity (Wildman–Crippen MR) is 85.9 cm³/mol. The topological polar surface area (TPSA) is 96.7 Å². The molecular formula is C16H20N2O5S. The van der Waals surface area contributed by atoms with Crippen molar-refractivity contribution in [1.82, 2.24) is 4.31 Å². The molecule has 0 N–H and O–H groups in total. The van der Waals surface area contributed by atoms with Crippen molar-refractivity contribution in [2.45, 2.75) is 24.7 Å². The molecule has 0 atom stereocenters. The third kappa shape index (κ3) is 4.32. The fraction of sp³-hybridized carbons (Fsp3) is 0.500. The number of hydrogen-bond donors (Lipinski definition) is 0. The molecule has 0 radical (unpaired) electrons. The number of carbonyl (C=O) groups is 1. The van der Waals surface area contributed by atoms with Gasteiger partial charge in [0.05, 0.1) is 36.3 Å². The van der Waals surface area contributed by atoms with E-state index in [9.17, 15) is 13.2 Å². The Labute approximate surface area is 141 Å². The molecule has 130 valence electrons. The van der Waals surface area contributed by atoms with Crippen LogP contribution in [0.25, 0.3) is 0 Å². The van der Waals surface area contributed by atoms with Gasteiger partial charge in [-0.1, -0.05) is 6.07 Å². The van der Waals surface area contributed by atoms with Gasteiger partial charge in [-0.05, 0) is 31.0 Å². The van der Waals surface area contributed by atoms with Crippen LogP contribution in [0.5, 0.6) is 0 Å². The number of ether oxygens (including phenoxy) is 2. The van der Waals surface area contributed by atoms with E-state index in [1.807, 2.05) is 6.07 Å². The minimum Gasteiger partial charge on any atom is -0.462 e. The number of benzene rings is 1. The highest BCUT2D eigenvalue weighted by Gasteiger charge is 2.27. The van der Waals surface area contributed by atoms with Gasteiger partial charge in [-0.3, -0.25) is 0 Å². The number of esters is 1. The monoisotopic (exact) mass is 352 g/mol. The molecule has 2 rings (SSSR count). The third-order valence-corrected chi connectivity index (χ3v) is 5.60. The third-order valence-electron chi connectivity index (χ3n) is 3.70. The van der Waals surface area contributed by atoms with Gasteiger partial charge in [0.1, 0.15) is 0 Å². The maximum absolute atomic E-state index is 12.7. The highest BCUT2D eigenvalue weighted by molar-refractivity contribution is 7.89. The molecule has 0 spiro atoms. The summed E-state index contributed by atoms with van der Waals surface area (Å²) in [5.74, 6) is -0.579. The Kier molecular flexibility index (Phi) is 6.31. The summed E-state index contributed by atoms with van der Waals surface area (Å²) in [6.07, 6.45) is 0.755. The Morgan fingerprint density at radius 1 is 1.38 bits per heavy atom. The van der Waals surface area contributed by atoms with Crippen molar-refractivity contribution in [3.63, 3.8) is 0 Å². The first-order valence-electron chi connectivity index (χ1n) is 7.69. The fourth-order valence-corrected chi connectivity index (χ4v) is 3.75. The zero-order valence-electron chi connectivity index (χ0n) is 13.5. The van der Waals surface area contributed by atoms with Gasteiger partial charge in [0, 0.05) is 19.5 Å². The summed E-state index contributed by atoms with van der Waals surface area (Å²) in [7, 11) is -3.66. The molecule has 0 bridgehead atoms. The summed E-state index contributed by atoms with van der Waals surface area (Å²) in [5.41, 5.74) is 0.863. The van der Waals surface area contributed by atoms with E-state index in [0.29, 0.717) is 44.7 Å². The van der Waals surface area contributed by atoms with E-state index in [1.54, 1.807) is 13.0 Å². The van der Waals surface area contributed by atoms with Crippen molar-refractivity contribution < 1.29 is 22.7 Å². The minimum absolute atomic E-state index is 0.0685. The second-order valence-corrected chi connectivity index (χ2v) is 7.33. The lowest BCUT2D eigenvalue weighted by Gasteiger charge is -2.26. The van der Waals surface area contributed by atoms with Crippen LogP contribution >= 0.6 is 0 Å². The van der Waals surface area contributed by atoms with Gasteiger partial charge in [-0.15, -0.1) is 0 Å². The van der Waals surface area contributed by atoms with E-state index in [1.165, 1.54) is 16.4 Å². The van der Waals surface area contributed by atoms with Gasteiger partial charge in [0.15, 0.2) is 0 Å². The Bertz CT molecular complexity index is 733. The predicted octanol–water partition coefficient (Wildman–Crippen LogP) is 1.48. The molecule has 0 saturated carbocycles. The Hall–Kier alpha value is -1.95. The van der Waals surface area contributed by atoms with Crippen LogP contribution in [0.4, 0.5) is 0 Å². The second-order valence-electron chi connectivity index (χ2n) is 5.39. The van der Waals surface area contributed by atoms with E-state index < -0.39 is 16.0 Å². The number of rotatable bonds is 6. The van der Waals surface area contributed by atoms with Crippen molar-refractivity contribution >= 4 is 16.0 Å². The Morgan fingerprint density at radius 3 is 2.75 bits per heavy atom. The van der Waals surface area contributed by atoms with Crippen LogP contribution in [0.15, 0.2) is 23.1 Å². The molecule has 1 aromatic carbocycles. The van der Waals surface area contributed by atoms with Crippen molar-refractivity contribution in [2.75, 3.05) is 32.9 Å². The number of nitrogens with zero attached hydrogens (tertiary/aromatic N) is 2. The van der Waals surface area contributed by atoms with Crippen LogP contribution in [-0.2, 0) is 19.5 Å². The van der Waals surface area contributed by atoms with Crippen LogP contribution in [0.2, 0.25) is 0 Å². The van der Waals surface area contributed by atoms with Crippen LogP contribution in [0, 0.1) is 18.3 Å². The molecule has 0 amide bonds. The highest BCUT2D eigenvalue weighted by Crippen LogP contribution is 2.21. The number of sulfonamides is 1. The molecule has 1 aliphatic rings. The Morgan fingerprint density at radius 2 is 2.08 bits per heavy atom. The zero-order valence-corrected chi connectivity index (χ0v) is 14.3. The first kappa shape index (κ1) is 18.4. The molecule has 0 aliphatic carbocycles. The van der Waals surface area contributed by atoms with Gasteiger partial charge in [-0.25, -0.2) is 13.2 Å². The molecule has 0 unspecified atom stereocenters. The van der Waals surface area contributed by atoms with Gasteiger partial charge in [0.25, 0.3) is 0 Å². The van der Waals surface area contributed by atoms with E-state index in [4.69, 9.17) is 14.7 Å². The molecule has 1 fully saturated rings. The van der Waals surface area contributed by atoms with Gasteiger partial charge < -0.3 is 9.47 Å². The molecule has 1 aliphatic heterocycles. The summed E-state index contributed by atoms with van der Waals surface area (Å²) < 4.78 is 36.9. The average molecular weight is 352 g/mol. The summed E-state index contributed by atoms with van der Waals surface area (Å²) in [5, 5.41) is 8.47. The van der Waals surface area contributed by atoms with Gasteiger partial charge in [-0.2, -0.15) is 9.57 Å². The van der Waals surface area contributed by atoms with Crippen LogP contribution in [0.1, 0.15) is 28.8 Å². The van der Waals surface area contributed by atoms with E-state index in [2.05, 4.69) is 0 Å². The maximum atomic E-state index is 12.7. The minimum atomic E-state index is -3.66. The smallest absolute Gasteiger partial charge is 0.338 e. The fourth-order valence-electron chi connectivity index (χ4n) is 2.31. The number of nitriles is 1. The van der Waals surface area contributed by atoms with Crippen LogP contribution in [0.3, 0.4) is 0 Å². The average Bonchev–Trinajstić information content (AvgIpc) is 2.59. The molecule has 7 nitrogen and oxygen atoms in total. The van der Waals surface area contributed by atoms with E-state index in [0.717, 1.165) is 0 Å². The summed E-state index contributed by atoms with van der Waals surface area (Å²) in [6.45, 7) is 3.16. The lowest BCUT2D eigenvalue weighted by atomic mass is 10.1. The summed E-state index contributed by atoms with van der Waals surface area (Å²) in [6, 6.07) is 6.41. The van der Waals surface area contributed by atoms with Crippen molar-refractivity contribution in [2.24, 2.45) is 0 Å². The summed E-state index contributed by atoms with van der Waals surface area (Å²) in [4.78, 5) is 12.2. The summed E-state index contributed by atoms with van der Waals surface area (Å²) >= 11 is 0. The number of unbranched alkanes of at least 4 members (excludes halogenated alkanes) is 1. The highest BCUT2D eigenvalue weighted by atomic mass is 32.2. The first-order chi connectivity index (χ1) is 11.5. The molecule has 8 heteroatoms. The van der Waals surface area contributed by atoms with Gasteiger partial charge in [0.2, 0.25) is 10.0 Å². The van der Waals surface area contributed by atoms with Crippen molar-refractivity contribution in [3.8, 4) is 6.07 Å². The van der Waals surface area contributed by atoms with Crippen molar-refractivity contribution in [3.05, 3.63) is 29.3 Å². The van der Waals surface area contributed by atoms with Crippen LogP contribution < -0.4 is 0 Å². The Balaban J connectivity index is 2.18. The quantitative estimate of drug-likeness (QED) is 0.568. The van der Waals surface area contributed by atoms with Crippen LogP contribution in [-0.4, -0.2) is 51.6 Å². The molecule has 1 aromatic rings. The number of hydrogen-bond acceptors (Lipinski definition) is 6. The SMILES string of the molecule is Cc1ccc(S(=O)(=O)N2CCOCC2)cc1C(=O)OCCCC#N. The number of aryl methyl sites for hydroxylation is 1. The zero-order chi connectivity index (χ0) is 17.6. The number of morpholine rings is 1.